The predicted molar refractivity (Wildman–Crippen MR) is 54.2 cm³/mol. The van der Waals surface area contributed by atoms with E-state index in [0.29, 0.717) is 0 Å². The number of rotatable bonds is 1. The van der Waals surface area contributed by atoms with Gasteiger partial charge in [-0.1, -0.05) is 0 Å². The van der Waals surface area contributed by atoms with Crippen LogP contribution in [-0.4, -0.2) is 30.7 Å². The van der Waals surface area contributed by atoms with Gasteiger partial charge in [-0.15, -0.1) is 0 Å². The maximum atomic E-state index is 9.83. The number of aliphatic hydroxyl groups is 1. The third kappa shape index (κ3) is 1.31. The molecule has 0 aromatic carbocycles. The maximum absolute atomic E-state index is 9.83. The Hall–Kier alpha value is -1.49. The van der Waals surface area contributed by atoms with Gasteiger partial charge in [0, 0.05) is 0 Å². The van der Waals surface area contributed by atoms with Crippen LogP contribution in [0, 0.1) is 0 Å². The van der Waals surface area contributed by atoms with E-state index in [9.17, 15) is 5.11 Å². The van der Waals surface area contributed by atoms with Crippen LogP contribution in [0.25, 0.3) is 11.2 Å². The molecule has 78 valence electrons. The first-order valence-corrected chi connectivity index (χ1v) is 5.17. The smallest absolute Gasteiger partial charge is 0.163 e. The van der Waals surface area contributed by atoms with Crippen LogP contribution in [0.4, 0.5) is 0 Å². The summed E-state index contributed by atoms with van der Waals surface area (Å²) in [4.78, 5) is 12.3. The summed E-state index contributed by atoms with van der Waals surface area (Å²) in [5.74, 6) is 0. The highest BCUT2D eigenvalue weighted by Gasteiger charge is 2.27. The summed E-state index contributed by atoms with van der Waals surface area (Å²) in [6.45, 7) is 0. The van der Waals surface area contributed by atoms with Crippen molar-refractivity contribution in [2.45, 2.75) is 31.4 Å². The van der Waals surface area contributed by atoms with E-state index in [1.807, 2.05) is 4.57 Å². The van der Waals surface area contributed by atoms with Gasteiger partial charge in [0.15, 0.2) is 5.65 Å². The van der Waals surface area contributed by atoms with Gasteiger partial charge < -0.3 is 9.67 Å². The summed E-state index contributed by atoms with van der Waals surface area (Å²) in [5, 5.41) is 9.83. The molecule has 3 rings (SSSR count). The predicted octanol–water partition coefficient (Wildman–Crippen LogP) is 0.912. The Kier molecular flexibility index (Phi) is 1.92. The summed E-state index contributed by atoms with van der Waals surface area (Å²) < 4.78 is 1.97. The van der Waals surface area contributed by atoms with Crippen molar-refractivity contribution in [1.29, 1.82) is 0 Å². The van der Waals surface area contributed by atoms with E-state index < -0.39 is 0 Å². The maximum Gasteiger partial charge on any atom is 0.163 e. The van der Waals surface area contributed by atoms with Gasteiger partial charge in [-0.3, -0.25) is 0 Å². The zero-order chi connectivity index (χ0) is 10.3. The molecular formula is C10H12N4O. The van der Waals surface area contributed by atoms with Gasteiger partial charge in [0.2, 0.25) is 0 Å². The van der Waals surface area contributed by atoms with Gasteiger partial charge in [-0.05, 0) is 19.3 Å². The van der Waals surface area contributed by atoms with Crippen molar-refractivity contribution >= 4 is 11.2 Å². The second kappa shape index (κ2) is 3.27. The molecule has 0 saturated heterocycles. The molecule has 2 aromatic heterocycles. The summed E-state index contributed by atoms with van der Waals surface area (Å²) in [5.41, 5.74) is 1.60. The Morgan fingerprint density at radius 1 is 1.33 bits per heavy atom. The molecule has 15 heavy (non-hydrogen) atoms. The molecule has 2 atom stereocenters. The second-order valence-corrected chi connectivity index (χ2v) is 3.95. The van der Waals surface area contributed by atoms with Gasteiger partial charge in [-0.25, -0.2) is 15.0 Å². The molecule has 1 aliphatic rings. The molecule has 5 heteroatoms. The minimum absolute atomic E-state index is 0.130. The average molecular weight is 204 g/mol. The molecule has 2 aromatic rings. The molecular weight excluding hydrogens is 192 g/mol. The van der Waals surface area contributed by atoms with Crippen LogP contribution in [0.1, 0.15) is 25.3 Å². The molecule has 1 aliphatic carbocycles. The average Bonchev–Trinajstić information content (AvgIpc) is 2.83. The summed E-state index contributed by atoms with van der Waals surface area (Å²) in [6, 6.07) is 0.130. The fraction of sp³-hybridized carbons (Fsp3) is 0.500. The van der Waals surface area contributed by atoms with Gasteiger partial charge in [-0.2, -0.15) is 0 Å². The molecule has 1 saturated carbocycles. The molecule has 2 heterocycles. The van der Waals surface area contributed by atoms with Crippen molar-refractivity contribution in [2.24, 2.45) is 0 Å². The van der Waals surface area contributed by atoms with Crippen LogP contribution in [0.2, 0.25) is 0 Å². The lowest BCUT2D eigenvalue weighted by molar-refractivity contribution is 0.138. The molecule has 1 N–H and O–H groups in total. The van der Waals surface area contributed by atoms with Crippen molar-refractivity contribution in [3.63, 3.8) is 0 Å². The van der Waals surface area contributed by atoms with E-state index in [0.717, 1.165) is 30.4 Å². The highest BCUT2D eigenvalue weighted by atomic mass is 16.3. The number of fused-ring (bicyclic) bond motifs is 1. The minimum atomic E-state index is -0.266. The van der Waals surface area contributed by atoms with E-state index in [2.05, 4.69) is 15.0 Å². The lowest BCUT2D eigenvalue weighted by Gasteiger charge is -2.16. The van der Waals surface area contributed by atoms with Crippen molar-refractivity contribution in [2.75, 3.05) is 0 Å². The van der Waals surface area contributed by atoms with E-state index in [1.165, 1.54) is 6.33 Å². The highest BCUT2D eigenvalue weighted by molar-refractivity contribution is 5.69. The standard InChI is InChI=1S/C10H12N4O/c15-9-3-1-2-8(9)14-6-13-7-4-11-5-12-10(7)14/h4-6,8-9,15H,1-3H2/t8-,9-/m1/s1. The summed E-state index contributed by atoms with van der Waals surface area (Å²) in [7, 11) is 0. The molecule has 0 bridgehead atoms. The van der Waals surface area contributed by atoms with Crippen molar-refractivity contribution in [1.82, 2.24) is 19.5 Å². The number of hydrogen-bond acceptors (Lipinski definition) is 4. The highest BCUT2D eigenvalue weighted by Crippen LogP contribution is 2.31. The van der Waals surface area contributed by atoms with Crippen LogP contribution in [0.3, 0.4) is 0 Å². The SMILES string of the molecule is O[C@@H]1CCC[C@H]1n1cnc2cncnc21. The van der Waals surface area contributed by atoms with Gasteiger partial charge >= 0.3 is 0 Å². The number of imidazole rings is 1. The van der Waals surface area contributed by atoms with Crippen LogP contribution < -0.4 is 0 Å². The molecule has 0 unspecified atom stereocenters. The monoisotopic (exact) mass is 204 g/mol. The number of aromatic nitrogens is 4. The first-order chi connectivity index (χ1) is 7.36. The Bertz CT molecular complexity index is 481. The molecule has 0 spiro atoms. The quantitative estimate of drug-likeness (QED) is 0.750. The van der Waals surface area contributed by atoms with E-state index in [1.54, 1.807) is 12.5 Å². The van der Waals surface area contributed by atoms with Crippen molar-refractivity contribution in [3.8, 4) is 0 Å². The molecule has 0 amide bonds. The Balaban J connectivity index is 2.10. The van der Waals surface area contributed by atoms with Crippen molar-refractivity contribution < 1.29 is 5.11 Å². The fourth-order valence-electron chi connectivity index (χ4n) is 2.27. The third-order valence-electron chi connectivity index (χ3n) is 3.04. The van der Waals surface area contributed by atoms with Crippen LogP contribution >= 0.6 is 0 Å². The Labute approximate surface area is 86.8 Å². The fourth-order valence-corrected chi connectivity index (χ4v) is 2.27. The second-order valence-electron chi connectivity index (χ2n) is 3.95. The number of aliphatic hydroxyl groups excluding tert-OH is 1. The summed E-state index contributed by atoms with van der Waals surface area (Å²) >= 11 is 0. The van der Waals surface area contributed by atoms with E-state index in [-0.39, 0.29) is 12.1 Å². The normalized spacial score (nSPS) is 26.2. The number of nitrogens with zero attached hydrogens (tertiary/aromatic N) is 4. The lowest BCUT2D eigenvalue weighted by Crippen LogP contribution is -2.17. The third-order valence-corrected chi connectivity index (χ3v) is 3.04. The van der Waals surface area contributed by atoms with Gasteiger partial charge in [0.1, 0.15) is 11.8 Å². The zero-order valence-corrected chi connectivity index (χ0v) is 8.24. The van der Waals surface area contributed by atoms with Gasteiger partial charge in [0.05, 0.1) is 24.7 Å². The molecule has 1 fully saturated rings. The first kappa shape index (κ1) is 8.79. The molecule has 0 radical (unpaired) electrons. The largest absolute Gasteiger partial charge is 0.391 e. The van der Waals surface area contributed by atoms with Crippen LogP contribution in [0.15, 0.2) is 18.9 Å². The van der Waals surface area contributed by atoms with E-state index >= 15 is 0 Å². The zero-order valence-electron chi connectivity index (χ0n) is 8.24. The molecule has 0 aliphatic heterocycles. The van der Waals surface area contributed by atoms with E-state index in [4.69, 9.17) is 0 Å². The minimum Gasteiger partial charge on any atom is -0.391 e. The lowest BCUT2D eigenvalue weighted by atomic mass is 10.2. The molecule has 5 nitrogen and oxygen atoms in total. The van der Waals surface area contributed by atoms with Crippen molar-refractivity contribution in [3.05, 3.63) is 18.9 Å². The van der Waals surface area contributed by atoms with Crippen LogP contribution in [0.5, 0.6) is 0 Å². The topological polar surface area (TPSA) is 63.8 Å². The Morgan fingerprint density at radius 3 is 3.07 bits per heavy atom. The Morgan fingerprint density at radius 2 is 2.27 bits per heavy atom. The number of hydrogen-bond donors (Lipinski definition) is 1. The van der Waals surface area contributed by atoms with Gasteiger partial charge in [0.25, 0.3) is 0 Å². The summed E-state index contributed by atoms with van der Waals surface area (Å²) in [6.07, 6.45) is 7.63. The van der Waals surface area contributed by atoms with Crippen LogP contribution in [-0.2, 0) is 0 Å². The first-order valence-electron chi connectivity index (χ1n) is 5.17.